The van der Waals surface area contributed by atoms with E-state index >= 15 is 0 Å². The van der Waals surface area contributed by atoms with Crippen molar-refractivity contribution in [2.45, 2.75) is 25.6 Å². The van der Waals surface area contributed by atoms with Crippen LogP contribution in [0.15, 0.2) is 47.5 Å². The number of rotatable bonds is 5. The molecule has 33 heavy (non-hydrogen) atoms. The van der Waals surface area contributed by atoms with Gasteiger partial charge in [0.2, 0.25) is 5.95 Å². The SMILES string of the molecule is COc1ccc(C(C)(C)O)cc1[C@H]1CN(c2nc(-c3ccncc3F)cc(=O)n2C)CCO1. The summed E-state index contributed by atoms with van der Waals surface area (Å²) in [6.45, 7) is 4.73. The van der Waals surface area contributed by atoms with Crippen molar-refractivity contribution < 1.29 is 19.0 Å². The van der Waals surface area contributed by atoms with Crippen LogP contribution < -0.4 is 15.2 Å². The molecule has 0 unspecified atom stereocenters. The molecule has 1 saturated heterocycles. The van der Waals surface area contributed by atoms with Crippen LogP contribution in [0.2, 0.25) is 0 Å². The van der Waals surface area contributed by atoms with Crippen LogP contribution in [-0.4, -0.2) is 46.4 Å². The fraction of sp³-hybridized carbons (Fsp3) is 0.375. The summed E-state index contributed by atoms with van der Waals surface area (Å²) in [5.41, 5.74) is 0.675. The minimum atomic E-state index is -1.02. The maximum atomic E-state index is 14.3. The number of morpholine rings is 1. The largest absolute Gasteiger partial charge is 0.496 e. The molecule has 0 radical (unpaired) electrons. The van der Waals surface area contributed by atoms with Gasteiger partial charge in [-0.1, -0.05) is 6.07 Å². The van der Waals surface area contributed by atoms with Gasteiger partial charge in [0, 0.05) is 37.0 Å². The zero-order valence-corrected chi connectivity index (χ0v) is 19.1. The quantitative estimate of drug-likeness (QED) is 0.634. The van der Waals surface area contributed by atoms with Gasteiger partial charge in [-0.2, -0.15) is 0 Å². The van der Waals surface area contributed by atoms with Crippen molar-refractivity contribution >= 4 is 5.95 Å². The molecule has 1 aliphatic rings. The van der Waals surface area contributed by atoms with Crippen molar-refractivity contribution in [1.29, 1.82) is 0 Å². The first-order valence-corrected chi connectivity index (χ1v) is 10.6. The highest BCUT2D eigenvalue weighted by Crippen LogP contribution is 2.35. The van der Waals surface area contributed by atoms with Crippen LogP contribution in [0.5, 0.6) is 5.75 Å². The third-order valence-corrected chi connectivity index (χ3v) is 5.79. The molecule has 0 amide bonds. The number of aromatic nitrogens is 3. The summed E-state index contributed by atoms with van der Waals surface area (Å²) in [5.74, 6) is 0.515. The number of ether oxygens (including phenoxy) is 2. The van der Waals surface area contributed by atoms with E-state index in [1.165, 1.54) is 22.9 Å². The number of methoxy groups -OCH3 is 1. The molecule has 8 nitrogen and oxygen atoms in total. The summed E-state index contributed by atoms with van der Waals surface area (Å²) >= 11 is 0. The number of hydrogen-bond acceptors (Lipinski definition) is 7. The highest BCUT2D eigenvalue weighted by Gasteiger charge is 2.29. The molecule has 0 saturated carbocycles. The molecule has 9 heteroatoms. The fourth-order valence-corrected chi connectivity index (χ4v) is 3.92. The van der Waals surface area contributed by atoms with Crippen molar-refractivity contribution in [2.75, 3.05) is 31.7 Å². The van der Waals surface area contributed by atoms with E-state index in [1.807, 2.05) is 23.1 Å². The molecular weight excluding hydrogens is 427 g/mol. The molecule has 3 heterocycles. The predicted molar refractivity (Wildman–Crippen MR) is 122 cm³/mol. The van der Waals surface area contributed by atoms with E-state index in [4.69, 9.17) is 9.47 Å². The Morgan fingerprint density at radius 1 is 1.27 bits per heavy atom. The fourth-order valence-electron chi connectivity index (χ4n) is 3.92. The molecule has 0 bridgehead atoms. The number of aliphatic hydroxyl groups is 1. The van der Waals surface area contributed by atoms with E-state index in [0.29, 0.717) is 31.4 Å². The van der Waals surface area contributed by atoms with E-state index in [1.54, 1.807) is 28.0 Å². The average Bonchev–Trinajstić information content (AvgIpc) is 2.80. The summed E-state index contributed by atoms with van der Waals surface area (Å²) < 4.78 is 27.3. The van der Waals surface area contributed by atoms with Crippen LogP contribution >= 0.6 is 0 Å². The van der Waals surface area contributed by atoms with E-state index in [-0.39, 0.29) is 22.9 Å². The second kappa shape index (κ2) is 8.92. The van der Waals surface area contributed by atoms with E-state index in [0.717, 1.165) is 17.3 Å². The topological polar surface area (TPSA) is 89.7 Å². The number of nitrogens with zero attached hydrogens (tertiary/aromatic N) is 4. The smallest absolute Gasteiger partial charge is 0.255 e. The van der Waals surface area contributed by atoms with Crippen molar-refractivity contribution in [3.05, 3.63) is 70.0 Å². The van der Waals surface area contributed by atoms with Crippen molar-refractivity contribution in [3.8, 4) is 17.0 Å². The van der Waals surface area contributed by atoms with Gasteiger partial charge in [-0.25, -0.2) is 9.37 Å². The molecule has 4 rings (SSSR count). The second-order valence-electron chi connectivity index (χ2n) is 8.52. The van der Waals surface area contributed by atoms with Crippen LogP contribution in [0.25, 0.3) is 11.3 Å². The summed E-state index contributed by atoms with van der Waals surface area (Å²) in [7, 11) is 3.22. The molecular formula is C24H27FN4O4. The van der Waals surface area contributed by atoms with Gasteiger partial charge >= 0.3 is 0 Å². The summed E-state index contributed by atoms with van der Waals surface area (Å²) in [4.78, 5) is 23.0. The minimum absolute atomic E-state index is 0.216. The standard InChI is InChI=1S/C24H27FN4O4/c1-24(2,31)15-5-6-20(32-4)17(11-15)21-14-29(9-10-33-21)23-27-19(12-22(30)28(23)3)16-7-8-26-13-18(16)25/h5-8,11-13,21,31H,9-10,14H2,1-4H3/t21-/m1/s1. The lowest BCUT2D eigenvalue weighted by molar-refractivity contribution is 0.0367. The first-order valence-electron chi connectivity index (χ1n) is 10.6. The number of pyridine rings is 1. The normalized spacial score (nSPS) is 16.7. The van der Waals surface area contributed by atoms with Gasteiger partial charge in [0.15, 0.2) is 5.82 Å². The minimum Gasteiger partial charge on any atom is -0.496 e. The van der Waals surface area contributed by atoms with Crippen LogP contribution in [0.4, 0.5) is 10.3 Å². The van der Waals surface area contributed by atoms with E-state index < -0.39 is 11.4 Å². The molecule has 3 aromatic rings. The summed E-state index contributed by atoms with van der Waals surface area (Å²) in [6.07, 6.45) is 2.18. The van der Waals surface area contributed by atoms with Gasteiger partial charge in [0.05, 0.1) is 37.8 Å². The number of anilines is 1. The second-order valence-corrected chi connectivity index (χ2v) is 8.52. The lowest BCUT2D eigenvalue weighted by Crippen LogP contribution is -2.42. The molecule has 174 valence electrons. The predicted octanol–water partition coefficient (Wildman–Crippen LogP) is 2.80. The van der Waals surface area contributed by atoms with E-state index in [2.05, 4.69) is 9.97 Å². The number of benzene rings is 1. The van der Waals surface area contributed by atoms with Crippen molar-refractivity contribution in [2.24, 2.45) is 7.05 Å². The molecule has 1 aromatic carbocycles. The average molecular weight is 455 g/mol. The van der Waals surface area contributed by atoms with Crippen LogP contribution in [0, 0.1) is 5.82 Å². The Morgan fingerprint density at radius 3 is 2.76 bits per heavy atom. The van der Waals surface area contributed by atoms with Crippen LogP contribution in [0.1, 0.15) is 31.1 Å². The van der Waals surface area contributed by atoms with Crippen LogP contribution in [-0.2, 0) is 17.4 Å². The first-order chi connectivity index (χ1) is 15.7. The third-order valence-electron chi connectivity index (χ3n) is 5.79. The Labute approximate surface area is 191 Å². The van der Waals surface area contributed by atoms with Gasteiger partial charge in [0.1, 0.15) is 11.9 Å². The monoisotopic (exact) mass is 454 g/mol. The Hall–Kier alpha value is -3.30. The van der Waals surface area contributed by atoms with E-state index in [9.17, 15) is 14.3 Å². The van der Waals surface area contributed by atoms with Gasteiger partial charge < -0.3 is 19.5 Å². The lowest BCUT2D eigenvalue weighted by atomic mass is 9.94. The molecule has 0 spiro atoms. The van der Waals surface area contributed by atoms with Gasteiger partial charge in [-0.15, -0.1) is 0 Å². The highest BCUT2D eigenvalue weighted by atomic mass is 19.1. The molecule has 2 aromatic heterocycles. The Bertz CT molecular complexity index is 1220. The Kier molecular flexibility index (Phi) is 6.18. The van der Waals surface area contributed by atoms with Crippen LogP contribution in [0.3, 0.4) is 0 Å². The van der Waals surface area contributed by atoms with Gasteiger partial charge in [-0.05, 0) is 37.6 Å². The summed E-state index contributed by atoms with van der Waals surface area (Å²) in [6, 6.07) is 8.32. The Balaban J connectivity index is 1.72. The zero-order chi connectivity index (χ0) is 23.8. The highest BCUT2D eigenvalue weighted by molar-refractivity contribution is 5.60. The molecule has 0 aliphatic carbocycles. The Morgan fingerprint density at radius 2 is 2.06 bits per heavy atom. The number of halogens is 1. The molecule has 1 atom stereocenters. The zero-order valence-electron chi connectivity index (χ0n) is 19.1. The third kappa shape index (κ3) is 4.60. The van der Waals surface area contributed by atoms with Crippen molar-refractivity contribution in [3.63, 3.8) is 0 Å². The summed E-state index contributed by atoms with van der Waals surface area (Å²) in [5, 5.41) is 10.5. The lowest BCUT2D eigenvalue weighted by Gasteiger charge is -2.35. The van der Waals surface area contributed by atoms with Crippen molar-refractivity contribution in [1.82, 2.24) is 14.5 Å². The molecule has 1 N–H and O–H groups in total. The molecule has 1 fully saturated rings. The maximum Gasteiger partial charge on any atom is 0.255 e. The molecule has 1 aliphatic heterocycles. The number of hydrogen-bond donors (Lipinski definition) is 1. The van der Waals surface area contributed by atoms with Gasteiger partial charge in [-0.3, -0.25) is 14.3 Å². The first kappa shape index (κ1) is 22.9. The van der Waals surface area contributed by atoms with Gasteiger partial charge in [0.25, 0.3) is 5.56 Å². The maximum absolute atomic E-state index is 14.3.